The fourth-order valence-corrected chi connectivity index (χ4v) is 2.49. The zero-order chi connectivity index (χ0) is 17.7. The Kier molecular flexibility index (Phi) is 5.64. The maximum Gasteiger partial charge on any atom is 0.289 e. The van der Waals surface area contributed by atoms with Crippen molar-refractivity contribution in [3.05, 3.63) is 24.2 Å². The maximum absolute atomic E-state index is 12.2. The van der Waals surface area contributed by atoms with Crippen LogP contribution in [-0.2, 0) is 9.59 Å². The van der Waals surface area contributed by atoms with Crippen molar-refractivity contribution in [1.82, 2.24) is 15.5 Å². The molecule has 1 aromatic rings. The molecule has 1 aromatic heterocycles. The number of carbonyl (C=O) groups excluding carboxylic acids is 3. The minimum Gasteiger partial charge on any atom is -0.459 e. The number of likely N-dealkylation sites (tertiary alicyclic amines) is 1. The third kappa shape index (κ3) is 4.84. The van der Waals surface area contributed by atoms with Crippen LogP contribution in [0.25, 0.3) is 0 Å². The third-order valence-corrected chi connectivity index (χ3v) is 3.97. The van der Waals surface area contributed by atoms with Gasteiger partial charge in [0, 0.05) is 24.5 Å². The molecule has 7 heteroatoms. The van der Waals surface area contributed by atoms with Crippen molar-refractivity contribution >= 4 is 17.7 Å². The quantitative estimate of drug-likeness (QED) is 0.864. The van der Waals surface area contributed by atoms with Crippen LogP contribution in [0.2, 0.25) is 0 Å². The summed E-state index contributed by atoms with van der Waals surface area (Å²) in [5.41, 5.74) is -0.516. The Morgan fingerprint density at radius 2 is 1.92 bits per heavy atom. The number of carbonyl (C=O) groups is 3. The summed E-state index contributed by atoms with van der Waals surface area (Å²) in [6.07, 6.45) is 2.85. The van der Waals surface area contributed by atoms with E-state index in [-0.39, 0.29) is 30.3 Å². The van der Waals surface area contributed by atoms with E-state index in [1.807, 2.05) is 0 Å². The van der Waals surface area contributed by atoms with Crippen LogP contribution < -0.4 is 10.6 Å². The second kappa shape index (κ2) is 7.51. The van der Waals surface area contributed by atoms with E-state index in [2.05, 4.69) is 10.6 Å². The second-order valence-corrected chi connectivity index (χ2v) is 7.04. The molecule has 0 aliphatic carbocycles. The van der Waals surface area contributed by atoms with Gasteiger partial charge in [0.05, 0.1) is 12.8 Å². The molecule has 1 saturated heterocycles. The first-order valence-electron chi connectivity index (χ1n) is 8.18. The Morgan fingerprint density at radius 3 is 2.46 bits per heavy atom. The molecule has 1 aliphatic rings. The van der Waals surface area contributed by atoms with Gasteiger partial charge in [-0.3, -0.25) is 14.4 Å². The Bertz CT molecular complexity index is 581. The summed E-state index contributed by atoms with van der Waals surface area (Å²) in [5.74, 6) is -0.149. The van der Waals surface area contributed by atoms with Crippen LogP contribution in [0.15, 0.2) is 22.8 Å². The number of nitrogens with zero attached hydrogens (tertiary/aromatic N) is 1. The average molecular weight is 335 g/mol. The number of amides is 3. The molecule has 0 saturated carbocycles. The second-order valence-electron chi connectivity index (χ2n) is 7.04. The van der Waals surface area contributed by atoms with E-state index in [9.17, 15) is 14.4 Å². The highest BCUT2D eigenvalue weighted by atomic mass is 16.3. The third-order valence-electron chi connectivity index (χ3n) is 3.97. The van der Waals surface area contributed by atoms with Gasteiger partial charge in [-0.1, -0.05) is 20.8 Å². The van der Waals surface area contributed by atoms with Crippen LogP contribution in [0.3, 0.4) is 0 Å². The van der Waals surface area contributed by atoms with Gasteiger partial charge in [0.2, 0.25) is 11.8 Å². The summed E-state index contributed by atoms with van der Waals surface area (Å²) >= 11 is 0. The lowest BCUT2D eigenvalue weighted by Crippen LogP contribution is -2.49. The first kappa shape index (κ1) is 18.0. The fourth-order valence-electron chi connectivity index (χ4n) is 2.49. The van der Waals surface area contributed by atoms with Gasteiger partial charge in [0.25, 0.3) is 5.91 Å². The van der Waals surface area contributed by atoms with Gasteiger partial charge in [-0.05, 0) is 25.0 Å². The molecule has 0 atom stereocenters. The number of piperidine rings is 1. The first-order valence-corrected chi connectivity index (χ1v) is 8.18. The zero-order valence-electron chi connectivity index (χ0n) is 14.4. The zero-order valence-corrected chi connectivity index (χ0v) is 14.4. The Balaban J connectivity index is 1.72. The lowest BCUT2D eigenvalue weighted by atomic mass is 9.96. The van der Waals surface area contributed by atoms with Gasteiger partial charge in [0.1, 0.15) is 0 Å². The molecule has 1 aliphatic heterocycles. The fraction of sp³-hybridized carbons (Fsp3) is 0.588. The summed E-state index contributed by atoms with van der Waals surface area (Å²) in [4.78, 5) is 37.6. The van der Waals surface area contributed by atoms with E-state index in [0.717, 1.165) is 0 Å². The number of rotatable bonds is 4. The van der Waals surface area contributed by atoms with Crippen LogP contribution in [0.1, 0.15) is 44.2 Å². The predicted octanol–water partition coefficient (Wildman–Crippen LogP) is 1.16. The van der Waals surface area contributed by atoms with E-state index in [1.54, 1.807) is 37.8 Å². The van der Waals surface area contributed by atoms with Crippen molar-refractivity contribution in [3.8, 4) is 0 Å². The van der Waals surface area contributed by atoms with Gasteiger partial charge in [-0.2, -0.15) is 0 Å². The minimum atomic E-state index is -0.516. The van der Waals surface area contributed by atoms with Crippen molar-refractivity contribution < 1.29 is 18.8 Å². The molecule has 0 unspecified atom stereocenters. The highest BCUT2D eigenvalue weighted by Crippen LogP contribution is 2.14. The lowest BCUT2D eigenvalue weighted by Gasteiger charge is -2.32. The monoisotopic (exact) mass is 335 g/mol. The Morgan fingerprint density at radius 1 is 1.25 bits per heavy atom. The number of furan rings is 1. The average Bonchev–Trinajstić information content (AvgIpc) is 3.06. The van der Waals surface area contributed by atoms with Crippen molar-refractivity contribution in [1.29, 1.82) is 0 Å². The van der Waals surface area contributed by atoms with Crippen LogP contribution in [0.5, 0.6) is 0 Å². The number of nitrogens with one attached hydrogen (secondary N) is 2. The van der Waals surface area contributed by atoms with Gasteiger partial charge >= 0.3 is 0 Å². The molecule has 7 nitrogen and oxygen atoms in total. The predicted molar refractivity (Wildman–Crippen MR) is 88.2 cm³/mol. The van der Waals surface area contributed by atoms with Gasteiger partial charge < -0.3 is 20.0 Å². The largest absolute Gasteiger partial charge is 0.459 e. The smallest absolute Gasteiger partial charge is 0.289 e. The van der Waals surface area contributed by atoms with E-state index >= 15 is 0 Å². The van der Waals surface area contributed by atoms with Crippen LogP contribution in [-0.4, -0.2) is 48.3 Å². The molecular formula is C17H25N3O4. The maximum atomic E-state index is 12.2. The standard InChI is InChI=1S/C17H25N3O4/c1-17(2,3)16(23)18-11-14(21)19-12-6-8-20(9-7-12)15(22)13-5-4-10-24-13/h4-5,10,12H,6-9,11H2,1-3H3,(H,18,23)(H,19,21). The van der Waals surface area contributed by atoms with E-state index in [4.69, 9.17) is 4.42 Å². The van der Waals surface area contributed by atoms with Crippen LogP contribution in [0, 0.1) is 5.41 Å². The van der Waals surface area contributed by atoms with E-state index in [0.29, 0.717) is 31.7 Å². The van der Waals surface area contributed by atoms with Crippen LogP contribution in [0.4, 0.5) is 0 Å². The molecule has 2 heterocycles. The van der Waals surface area contributed by atoms with E-state index < -0.39 is 5.41 Å². The highest BCUT2D eigenvalue weighted by Gasteiger charge is 2.26. The SMILES string of the molecule is CC(C)(C)C(=O)NCC(=O)NC1CCN(C(=O)c2ccco2)CC1. The number of hydrogen-bond donors (Lipinski definition) is 2. The summed E-state index contributed by atoms with van der Waals surface area (Å²) < 4.78 is 5.12. The lowest BCUT2D eigenvalue weighted by molar-refractivity contribution is -0.131. The van der Waals surface area contributed by atoms with Crippen LogP contribution >= 0.6 is 0 Å². The van der Waals surface area contributed by atoms with Gasteiger partial charge in [0.15, 0.2) is 5.76 Å². The van der Waals surface area contributed by atoms with Crippen molar-refractivity contribution in [2.24, 2.45) is 5.41 Å². The molecule has 0 radical (unpaired) electrons. The molecule has 2 rings (SSSR count). The van der Waals surface area contributed by atoms with E-state index in [1.165, 1.54) is 6.26 Å². The van der Waals surface area contributed by atoms with Crippen molar-refractivity contribution in [2.45, 2.75) is 39.7 Å². The summed E-state index contributed by atoms with van der Waals surface area (Å²) in [5, 5.41) is 5.53. The van der Waals surface area contributed by atoms with Gasteiger partial charge in [-0.15, -0.1) is 0 Å². The highest BCUT2D eigenvalue weighted by molar-refractivity contribution is 5.91. The summed E-state index contributed by atoms with van der Waals surface area (Å²) in [6.45, 7) is 6.50. The molecule has 0 aromatic carbocycles. The molecule has 0 bridgehead atoms. The molecule has 1 fully saturated rings. The number of hydrogen-bond acceptors (Lipinski definition) is 4. The van der Waals surface area contributed by atoms with Gasteiger partial charge in [-0.25, -0.2) is 0 Å². The first-order chi connectivity index (χ1) is 11.3. The molecule has 2 N–H and O–H groups in total. The summed E-state index contributed by atoms with van der Waals surface area (Å²) in [7, 11) is 0. The summed E-state index contributed by atoms with van der Waals surface area (Å²) in [6, 6.07) is 3.35. The Hall–Kier alpha value is -2.31. The molecule has 3 amide bonds. The van der Waals surface area contributed by atoms with Crippen molar-refractivity contribution in [2.75, 3.05) is 19.6 Å². The molecule has 24 heavy (non-hydrogen) atoms. The normalized spacial score (nSPS) is 15.9. The molecule has 0 spiro atoms. The Labute approximate surface area is 141 Å². The molecular weight excluding hydrogens is 310 g/mol. The topological polar surface area (TPSA) is 91.7 Å². The van der Waals surface area contributed by atoms with Crippen molar-refractivity contribution in [3.63, 3.8) is 0 Å². The minimum absolute atomic E-state index is 0.0182. The molecule has 132 valence electrons.